The third kappa shape index (κ3) is 6.17. The van der Waals surface area contributed by atoms with E-state index >= 15 is 0 Å². The zero-order valence-corrected chi connectivity index (χ0v) is 13.3. The van der Waals surface area contributed by atoms with Crippen LogP contribution in [-0.2, 0) is 9.53 Å². The average molecular weight is 293 g/mol. The summed E-state index contributed by atoms with van der Waals surface area (Å²) in [5.74, 6) is -0.0553. The molecule has 2 N–H and O–H groups in total. The van der Waals surface area contributed by atoms with Gasteiger partial charge in [0.15, 0.2) is 0 Å². The zero-order valence-electron chi connectivity index (χ0n) is 13.3. The van der Waals surface area contributed by atoms with E-state index in [1.807, 2.05) is 13.8 Å². The molecular weight excluding hydrogens is 266 g/mol. The fraction of sp³-hybridized carbons (Fsp3) is 0.588. The highest BCUT2D eigenvalue weighted by Crippen LogP contribution is 2.22. The number of phenols is 1. The second-order valence-corrected chi connectivity index (χ2v) is 5.60. The molecule has 1 unspecified atom stereocenters. The summed E-state index contributed by atoms with van der Waals surface area (Å²) in [7, 11) is 0. The third-order valence-corrected chi connectivity index (χ3v) is 3.32. The minimum Gasteiger partial charge on any atom is -0.506 e. The molecule has 4 heteroatoms. The van der Waals surface area contributed by atoms with E-state index in [2.05, 4.69) is 12.2 Å². The molecule has 0 spiro atoms. The predicted molar refractivity (Wildman–Crippen MR) is 85.5 cm³/mol. The number of anilines is 1. The number of hydrogen-bond acceptors (Lipinski definition) is 3. The molecule has 0 fully saturated rings. The molecule has 0 heterocycles. The summed E-state index contributed by atoms with van der Waals surface area (Å²) >= 11 is 0. The minimum absolute atomic E-state index is 0.0660. The van der Waals surface area contributed by atoms with E-state index in [0.29, 0.717) is 12.3 Å². The number of benzene rings is 1. The summed E-state index contributed by atoms with van der Waals surface area (Å²) in [6, 6.07) is 6.71. The van der Waals surface area contributed by atoms with E-state index in [1.165, 1.54) is 12.8 Å². The number of aromatic hydroxyl groups is 1. The van der Waals surface area contributed by atoms with Gasteiger partial charge in [-0.05, 0) is 24.5 Å². The molecule has 1 aromatic carbocycles. The van der Waals surface area contributed by atoms with E-state index in [4.69, 9.17) is 4.74 Å². The number of nitrogens with one attached hydrogen (secondary N) is 1. The van der Waals surface area contributed by atoms with Crippen molar-refractivity contribution >= 4 is 11.6 Å². The van der Waals surface area contributed by atoms with Gasteiger partial charge in [0.25, 0.3) is 5.91 Å². The number of phenolic OH excluding ortho intramolecular Hbond substituents is 1. The number of carbonyl (C=O) groups is 1. The number of para-hydroxylation sites is 2. The van der Waals surface area contributed by atoms with Gasteiger partial charge in [0.1, 0.15) is 11.9 Å². The minimum atomic E-state index is -0.494. The van der Waals surface area contributed by atoms with Crippen LogP contribution >= 0.6 is 0 Å². The van der Waals surface area contributed by atoms with Gasteiger partial charge in [-0.3, -0.25) is 4.79 Å². The van der Waals surface area contributed by atoms with Crippen molar-refractivity contribution in [3.05, 3.63) is 24.3 Å². The van der Waals surface area contributed by atoms with Crippen LogP contribution in [0, 0.1) is 5.92 Å². The van der Waals surface area contributed by atoms with Gasteiger partial charge in [0.2, 0.25) is 0 Å². The molecular formula is C17H27NO3. The Balaban J connectivity index is 2.51. The SMILES string of the molecule is CCCCCCOC(C(=O)Nc1ccccc1O)C(C)C. The van der Waals surface area contributed by atoms with Gasteiger partial charge in [-0.25, -0.2) is 0 Å². The lowest BCUT2D eigenvalue weighted by Crippen LogP contribution is -2.35. The first kappa shape index (κ1) is 17.5. The van der Waals surface area contributed by atoms with Crippen LogP contribution in [0.15, 0.2) is 24.3 Å². The summed E-state index contributed by atoms with van der Waals surface area (Å²) in [5.41, 5.74) is 0.419. The lowest BCUT2D eigenvalue weighted by atomic mass is 10.1. The Kier molecular flexibility index (Phi) is 7.83. The highest BCUT2D eigenvalue weighted by molar-refractivity contribution is 5.95. The Hall–Kier alpha value is -1.55. The molecule has 0 aliphatic rings. The van der Waals surface area contributed by atoms with Crippen molar-refractivity contribution in [2.75, 3.05) is 11.9 Å². The summed E-state index contributed by atoms with van der Waals surface area (Å²) in [5, 5.41) is 12.4. The van der Waals surface area contributed by atoms with Crippen LogP contribution in [0.5, 0.6) is 5.75 Å². The molecule has 0 aliphatic carbocycles. The van der Waals surface area contributed by atoms with Crippen molar-refractivity contribution < 1.29 is 14.6 Å². The highest BCUT2D eigenvalue weighted by Gasteiger charge is 2.23. The Morgan fingerprint density at radius 3 is 2.57 bits per heavy atom. The number of carbonyl (C=O) groups excluding carboxylic acids is 1. The molecule has 0 saturated heterocycles. The summed E-state index contributed by atoms with van der Waals surface area (Å²) in [6.07, 6.45) is 3.98. The van der Waals surface area contributed by atoms with Crippen LogP contribution in [0.3, 0.4) is 0 Å². The van der Waals surface area contributed by atoms with Crippen LogP contribution in [-0.4, -0.2) is 23.7 Å². The molecule has 0 aliphatic heterocycles. The van der Waals surface area contributed by atoms with Crippen molar-refractivity contribution in [2.45, 2.75) is 52.6 Å². The van der Waals surface area contributed by atoms with Crippen LogP contribution < -0.4 is 5.32 Å². The third-order valence-electron chi connectivity index (χ3n) is 3.32. The molecule has 21 heavy (non-hydrogen) atoms. The molecule has 1 amide bonds. The smallest absolute Gasteiger partial charge is 0.253 e. The van der Waals surface area contributed by atoms with Gasteiger partial charge in [-0.1, -0.05) is 52.2 Å². The van der Waals surface area contributed by atoms with Crippen molar-refractivity contribution in [3.8, 4) is 5.75 Å². The number of ether oxygens (including phenoxy) is 1. The first-order valence-electron chi connectivity index (χ1n) is 7.76. The highest BCUT2D eigenvalue weighted by atomic mass is 16.5. The van der Waals surface area contributed by atoms with E-state index in [9.17, 15) is 9.90 Å². The lowest BCUT2D eigenvalue weighted by molar-refractivity contribution is -0.130. The predicted octanol–water partition coefficient (Wildman–Crippen LogP) is 3.95. The Morgan fingerprint density at radius 2 is 1.95 bits per heavy atom. The molecule has 0 bridgehead atoms. The van der Waals surface area contributed by atoms with Crippen LogP contribution in [0.4, 0.5) is 5.69 Å². The second kappa shape index (κ2) is 9.40. The topological polar surface area (TPSA) is 58.6 Å². The van der Waals surface area contributed by atoms with Crippen LogP contribution in [0.1, 0.15) is 46.5 Å². The normalized spacial score (nSPS) is 12.4. The average Bonchev–Trinajstić information content (AvgIpc) is 2.44. The molecule has 0 saturated carbocycles. The lowest BCUT2D eigenvalue weighted by Gasteiger charge is -2.21. The number of hydrogen-bond donors (Lipinski definition) is 2. The van der Waals surface area contributed by atoms with Crippen LogP contribution in [0.25, 0.3) is 0 Å². The van der Waals surface area contributed by atoms with E-state index < -0.39 is 6.10 Å². The maximum atomic E-state index is 12.3. The van der Waals surface area contributed by atoms with Crippen molar-refractivity contribution in [1.29, 1.82) is 0 Å². The summed E-state index contributed by atoms with van der Waals surface area (Å²) in [6.45, 7) is 6.68. The monoisotopic (exact) mass is 293 g/mol. The van der Waals surface area contributed by atoms with Crippen molar-refractivity contribution in [1.82, 2.24) is 0 Å². The molecule has 1 aromatic rings. The van der Waals surface area contributed by atoms with E-state index in [-0.39, 0.29) is 17.6 Å². The van der Waals surface area contributed by atoms with Gasteiger partial charge in [-0.15, -0.1) is 0 Å². The summed E-state index contributed by atoms with van der Waals surface area (Å²) in [4.78, 5) is 12.3. The number of unbranched alkanes of at least 4 members (excludes halogenated alkanes) is 3. The van der Waals surface area contributed by atoms with Crippen LogP contribution in [0.2, 0.25) is 0 Å². The number of amides is 1. The largest absolute Gasteiger partial charge is 0.506 e. The van der Waals surface area contributed by atoms with E-state index in [1.54, 1.807) is 24.3 Å². The quantitative estimate of drug-likeness (QED) is 0.535. The first-order valence-corrected chi connectivity index (χ1v) is 7.76. The van der Waals surface area contributed by atoms with Gasteiger partial charge in [-0.2, -0.15) is 0 Å². The molecule has 4 nitrogen and oxygen atoms in total. The molecule has 1 atom stereocenters. The maximum Gasteiger partial charge on any atom is 0.253 e. The van der Waals surface area contributed by atoms with Gasteiger partial charge < -0.3 is 15.2 Å². The number of rotatable bonds is 9. The maximum absolute atomic E-state index is 12.3. The Bertz CT molecular complexity index is 432. The van der Waals surface area contributed by atoms with E-state index in [0.717, 1.165) is 12.8 Å². The summed E-state index contributed by atoms with van der Waals surface area (Å²) < 4.78 is 5.73. The van der Waals surface area contributed by atoms with Gasteiger partial charge in [0.05, 0.1) is 5.69 Å². The Labute approximate surface area is 127 Å². The van der Waals surface area contributed by atoms with Gasteiger partial charge in [0, 0.05) is 6.61 Å². The first-order chi connectivity index (χ1) is 10.1. The standard InChI is InChI=1S/C17H27NO3/c1-4-5-6-9-12-21-16(13(2)3)17(20)18-14-10-7-8-11-15(14)19/h7-8,10-11,13,16,19H,4-6,9,12H2,1-3H3,(H,18,20). The fourth-order valence-electron chi connectivity index (χ4n) is 2.09. The zero-order chi connectivity index (χ0) is 15.7. The Morgan fingerprint density at radius 1 is 1.24 bits per heavy atom. The molecule has 0 radical (unpaired) electrons. The fourth-order valence-corrected chi connectivity index (χ4v) is 2.09. The van der Waals surface area contributed by atoms with Crippen molar-refractivity contribution in [2.24, 2.45) is 5.92 Å². The molecule has 1 rings (SSSR count). The molecule has 118 valence electrons. The van der Waals surface area contributed by atoms with Gasteiger partial charge >= 0.3 is 0 Å². The molecule has 0 aromatic heterocycles. The van der Waals surface area contributed by atoms with Crippen molar-refractivity contribution in [3.63, 3.8) is 0 Å². The second-order valence-electron chi connectivity index (χ2n) is 5.60.